The average Bonchev–Trinajstić information content (AvgIpc) is 2.95. The molecule has 0 radical (unpaired) electrons. The molecule has 0 spiro atoms. The largest absolute Gasteiger partial charge is 0.298 e. The van der Waals surface area contributed by atoms with Crippen LogP contribution in [0.5, 0.6) is 0 Å². The lowest BCUT2D eigenvalue weighted by Crippen LogP contribution is -1.98. The predicted octanol–water partition coefficient (Wildman–Crippen LogP) is 5.64. The van der Waals surface area contributed by atoms with E-state index < -0.39 is 0 Å². The lowest BCUT2D eigenvalue weighted by molar-refractivity contribution is 1.01. The lowest BCUT2D eigenvalue weighted by atomic mass is 10.2. The van der Waals surface area contributed by atoms with Crippen molar-refractivity contribution in [3.05, 3.63) is 68.5 Å². The highest BCUT2D eigenvalue weighted by Crippen LogP contribution is 2.28. The normalized spacial score (nSPS) is 11.2. The molecule has 2 heterocycles. The van der Waals surface area contributed by atoms with Gasteiger partial charge >= 0.3 is 0 Å². The molecule has 114 valence electrons. The summed E-state index contributed by atoms with van der Waals surface area (Å²) in [4.78, 5) is 4.54. The molecule has 2 nitrogen and oxygen atoms in total. The second-order valence-electron chi connectivity index (χ2n) is 5.12. The summed E-state index contributed by atoms with van der Waals surface area (Å²) < 4.78 is 4.34. The minimum atomic E-state index is 0.970. The van der Waals surface area contributed by atoms with Crippen LogP contribution < -0.4 is 0 Å². The molecule has 0 N–H and O–H groups in total. The maximum absolute atomic E-state index is 4.54. The lowest BCUT2D eigenvalue weighted by Gasteiger charge is -2.09. The SMILES string of the molecule is Cc1c(Br)cc(Br)c2ncc(CSCCc3ccccc3)n12. The molecule has 0 saturated heterocycles. The number of thioether (sulfide) groups is 1. The van der Waals surface area contributed by atoms with Crippen molar-refractivity contribution in [2.45, 2.75) is 19.1 Å². The van der Waals surface area contributed by atoms with Crippen molar-refractivity contribution >= 4 is 49.3 Å². The Labute approximate surface area is 151 Å². The minimum Gasteiger partial charge on any atom is -0.298 e. The maximum Gasteiger partial charge on any atom is 0.151 e. The van der Waals surface area contributed by atoms with E-state index in [2.05, 4.69) is 84.6 Å². The molecule has 1 aromatic carbocycles. The number of aryl methyl sites for hydroxylation is 2. The number of benzene rings is 1. The highest BCUT2D eigenvalue weighted by molar-refractivity contribution is 9.11. The van der Waals surface area contributed by atoms with E-state index in [0.717, 1.165) is 32.5 Å². The monoisotopic (exact) mass is 438 g/mol. The Morgan fingerprint density at radius 3 is 2.68 bits per heavy atom. The Hall–Kier alpha value is -0.780. The second kappa shape index (κ2) is 7.20. The van der Waals surface area contributed by atoms with Crippen molar-refractivity contribution in [3.63, 3.8) is 0 Å². The van der Waals surface area contributed by atoms with E-state index in [1.807, 2.05) is 18.0 Å². The van der Waals surface area contributed by atoms with Gasteiger partial charge in [-0.05, 0) is 62.6 Å². The number of halogens is 2. The first-order valence-corrected chi connectivity index (χ1v) is 9.83. The molecule has 3 aromatic rings. The number of hydrogen-bond acceptors (Lipinski definition) is 2. The van der Waals surface area contributed by atoms with Crippen molar-refractivity contribution in [1.82, 2.24) is 9.38 Å². The molecule has 3 rings (SSSR count). The van der Waals surface area contributed by atoms with E-state index >= 15 is 0 Å². The second-order valence-corrected chi connectivity index (χ2v) is 7.94. The van der Waals surface area contributed by atoms with Gasteiger partial charge in [-0.15, -0.1) is 0 Å². The van der Waals surface area contributed by atoms with Gasteiger partial charge < -0.3 is 0 Å². The van der Waals surface area contributed by atoms with Crippen LogP contribution in [0.3, 0.4) is 0 Å². The van der Waals surface area contributed by atoms with Crippen molar-refractivity contribution in [1.29, 1.82) is 0 Å². The van der Waals surface area contributed by atoms with Gasteiger partial charge in [0.15, 0.2) is 5.65 Å². The summed E-state index contributed by atoms with van der Waals surface area (Å²) in [5.41, 5.74) is 4.82. The van der Waals surface area contributed by atoms with Crippen LogP contribution in [0.25, 0.3) is 5.65 Å². The standard InChI is InChI=1S/C17H16Br2N2S/c1-12-15(18)9-16(19)17-20-10-14(21(12)17)11-22-8-7-13-5-3-2-4-6-13/h2-6,9-10H,7-8,11H2,1H3. The molecule has 0 amide bonds. The number of hydrogen-bond donors (Lipinski definition) is 0. The third kappa shape index (κ3) is 3.42. The molecule has 0 aliphatic rings. The summed E-state index contributed by atoms with van der Waals surface area (Å²) in [7, 11) is 0. The third-order valence-corrected chi connectivity index (χ3v) is 5.99. The first kappa shape index (κ1) is 16.1. The van der Waals surface area contributed by atoms with Crippen LogP contribution in [0.1, 0.15) is 17.0 Å². The number of imidazole rings is 1. The van der Waals surface area contributed by atoms with E-state index in [9.17, 15) is 0 Å². The Kier molecular flexibility index (Phi) is 5.26. The van der Waals surface area contributed by atoms with E-state index in [4.69, 9.17) is 0 Å². The van der Waals surface area contributed by atoms with Crippen LogP contribution in [0.15, 0.2) is 51.5 Å². The third-order valence-electron chi connectivity index (χ3n) is 3.61. The average molecular weight is 440 g/mol. The van der Waals surface area contributed by atoms with Crippen molar-refractivity contribution in [2.24, 2.45) is 0 Å². The number of rotatable bonds is 5. The Morgan fingerprint density at radius 1 is 1.14 bits per heavy atom. The fraction of sp³-hybridized carbons (Fsp3) is 0.235. The quantitative estimate of drug-likeness (QED) is 0.478. The molecular weight excluding hydrogens is 424 g/mol. The highest BCUT2D eigenvalue weighted by Gasteiger charge is 2.11. The van der Waals surface area contributed by atoms with E-state index in [-0.39, 0.29) is 0 Å². The zero-order valence-electron chi connectivity index (χ0n) is 12.2. The summed E-state index contributed by atoms with van der Waals surface area (Å²) in [6.07, 6.45) is 3.09. The number of pyridine rings is 1. The Morgan fingerprint density at radius 2 is 1.91 bits per heavy atom. The summed E-state index contributed by atoms with van der Waals surface area (Å²) in [6.45, 7) is 2.11. The van der Waals surface area contributed by atoms with Gasteiger partial charge in [0.1, 0.15) is 0 Å². The molecule has 0 atom stereocenters. The van der Waals surface area contributed by atoms with Gasteiger partial charge in [0.25, 0.3) is 0 Å². The van der Waals surface area contributed by atoms with Gasteiger partial charge in [-0.2, -0.15) is 11.8 Å². The summed E-state index contributed by atoms with van der Waals surface area (Å²) in [6, 6.07) is 12.7. The van der Waals surface area contributed by atoms with Crippen LogP contribution in [0, 0.1) is 6.92 Å². The zero-order valence-corrected chi connectivity index (χ0v) is 16.2. The van der Waals surface area contributed by atoms with E-state index in [1.54, 1.807) is 0 Å². The smallest absolute Gasteiger partial charge is 0.151 e. The maximum atomic E-state index is 4.54. The first-order chi connectivity index (χ1) is 10.7. The van der Waals surface area contributed by atoms with Crippen molar-refractivity contribution < 1.29 is 0 Å². The minimum absolute atomic E-state index is 0.970. The molecule has 22 heavy (non-hydrogen) atoms. The topological polar surface area (TPSA) is 17.3 Å². The van der Waals surface area contributed by atoms with Gasteiger partial charge in [-0.1, -0.05) is 30.3 Å². The molecule has 0 saturated carbocycles. The first-order valence-electron chi connectivity index (χ1n) is 7.09. The Balaban J connectivity index is 1.70. The van der Waals surface area contributed by atoms with E-state index in [0.29, 0.717) is 0 Å². The van der Waals surface area contributed by atoms with E-state index in [1.165, 1.54) is 17.0 Å². The van der Waals surface area contributed by atoms with Crippen LogP contribution in [-0.4, -0.2) is 15.1 Å². The van der Waals surface area contributed by atoms with Crippen LogP contribution in [-0.2, 0) is 12.2 Å². The fourth-order valence-electron chi connectivity index (χ4n) is 2.43. The molecular formula is C17H16Br2N2S. The summed E-state index contributed by atoms with van der Waals surface area (Å²) in [5.74, 6) is 2.09. The number of nitrogens with zero attached hydrogens (tertiary/aromatic N) is 2. The molecule has 0 unspecified atom stereocenters. The van der Waals surface area contributed by atoms with Crippen molar-refractivity contribution in [3.8, 4) is 0 Å². The fourth-order valence-corrected chi connectivity index (χ4v) is 4.59. The van der Waals surface area contributed by atoms with Gasteiger partial charge in [0.2, 0.25) is 0 Å². The van der Waals surface area contributed by atoms with Gasteiger partial charge in [0, 0.05) is 15.9 Å². The molecule has 2 aromatic heterocycles. The van der Waals surface area contributed by atoms with Gasteiger partial charge in [-0.3, -0.25) is 4.40 Å². The summed E-state index contributed by atoms with van der Waals surface area (Å²) >= 11 is 9.15. The Bertz CT molecular complexity index is 784. The van der Waals surface area contributed by atoms with Crippen LogP contribution >= 0.6 is 43.6 Å². The predicted molar refractivity (Wildman–Crippen MR) is 102 cm³/mol. The van der Waals surface area contributed by atoms with Crippen molar-refractivity contribution in [2.75, 3.05) is 5.75 Å². The van der Waals surface area contributed by atoms with Gasteiger partial charge in [0.05, 0.1) is 16.4 Å². The highest BCUT2D eigenvalue weighted by atomic mass is 79.9. The zero-order chi connectivity index (χ0) is 15.5. The number of aromatic nitrogens is 2. The molecule has 0 fully saturated rings. The molecule has 5 heteroatoms. The molecule has 0 aliphatic carbocycles. The van der Waals surface area contributed by atoms with Crippen LogP contribution in [0.4, 0.5) is 0 Å². The number of fused-ring (bicyclic) bond motifs is 1. The summed E-state index contributed by atoms with van der Waals surface area (Å²) in [5, 5.41) is 0. The molecule has 0 bridgehead atoms. The van der Waals surface area contributed by atoms with Gasteiger partial charge in [-0.25, -0.2) is 4.98 Å². The molecule has 0 aliphatic heterocycles. The van der Waals surface area contributed by atoms with Crippen LogP contribution in [0.2, 0.25) is 0 Å².